The molecule has 0 spiro atoms. The summed E-state index contributed by atoms with van der Waals surface area (Å²) in [4.78, 5) is 14.7. The Hall–Kier alpha value is -2.37. The first-order chi connectivity index (χ1) is 11.2. The molecule has 1 amide bonds. The molecular formula is C17H20N4O2. The smallest absolute Gasteiger partial charge is 0.261 e. The molecule has 2 aromatic rings. The molecule has 0 radical (unpaired) electrons. The van der Waals surface area contributed by atoms with Crippen molar-refractivity contribution >= 4 is 5.91 Å². The fraction of sp³-hybridized carbons (Fsp3) is 0.471. The molecule has 2 atom stereocenters. The summed E-state index contributed by atoms with van der Waals surface area (Å²) in [6.07, 6.45) is 2.86. The molecule has 6 nitrogen and oxygen atoms in total. The number of carbonyl (C=O) groups excluding carboxylic acids is 1. The highest BCUT2D eigenvalue weighted by Gasteiger charge is 2.40. The van der Waals surface area contributed by atoms with Crippen LogP contribution in [0.15, 0.2) is 30.3 Å². The molecule has 6 heteroatoms. The summed E-state index contributed by atoms with van der Waals surface area (Å²) in [6, 6.07) is 9.93. The van der Waals surface area contributed by atoms with Crippen LogP contribution in [0.1, 0.15) is 24.5 Å². The number of hydrogen-bond acceptors (Lipinski definition) is 4. The number of fused-ring (bicyclic) bond motifs is 3. The molecule has 4 rings (SSSR count). The second kappa shape index (κ2) is 5.68. The molecule has 2 bridgehead atoms. The fourth-order valence-electron chi connectivity index (χ4n) is 3.72. The monoisotopic (exact) mass is 312 g/mol. The molecule has 2 aliphatic rings. The summed E-state index contributed by atoms with van der Waals surface area (Å²) in [5, 5.41) is 8.43. The normalized spacial score (nSPS) is 22.6. The molecule has 3 heterocycles. The van der Waals surface area contributed by atoms with Gasteiger partial charge in [0.2, 0.25) is 0 Å². The van der Waals surface area contributed by atoms with Gasteiger partial charge in [-0.1, -0.05) is 18.2 Å². The van der Waals surface area contributed by atoms with E-state index in [9.17, 15) is 4.79 Å². The van der Waals surface area contributed by atoms with Crippen LogP contribution in [0.3, 0.4) is 0 Å². The summed E-state index contributed by atoms with van der Waals surface area (Å²) >= 11 is 0. The zero-order valence-electron chi connectivity index (χ0n) is 13.2. The summed E-state index contributed by atoms with van der Waals surface area (Å²) in [5.41, 5.74) is 0. The summed E-state index contributed by atoms with van der Waals surface area (Å²) < 4.78 is 7.80. The maximum atomic E-state index is 12.7. The third-order valence-corrected chi connectivity index (χ3v) is 4.84. The van der Waals surface area contributed by atoms with Crippen molar-refractivity contribution in [1.29, 1.82) is 0 Å². The number of aromatic nitrogens is 3. The summed E-state index contributed by atoms with van der Waals surface area (Å²) in [6.45, 7) is 2.86. The van der Waals surface area contributed by atoms with Gasteiger partial charge in [0.15, 0.2) is 6.61 Å². The van der Waals surface area contributed by atoms with E-state index < -0.39 is 0 Å². The van der Waals surface area contributed by atoms with Gasteiger partial charge in [0.25, 0.3) is 5.91 Å². The highest BCUT2D eigenvalue weighted by Crippen LogP contribution is 2.31. The molecule has 0 aliphatic carbocycles. The lowest BCUT2D eigenvalue weighted by molar-refractivity contribution is -0.136. The van der Waals surface area contributed by atoms with E-state index >= 15 is 0 Å². The highest BCUT2D eigenvalue weighted by molar-refractivity contribution is 5.79. The Morgan fingerprint density at radius 2 is 2.00 bits per heavy atom. The van der Waals surface area contributed by atoms with Crippen molar-refractivity contribution < 1.29 is 9.53 Å². The van der Waals surface area contributed by atoms with Crippen LogP contribution in [0, 0.1) is 6.92 Å². The van der Waals surface area contributed by atoms with Crippen LogP contribution in [-0.4, -0.2) is 44.3 Å². The molecular weight excluding hydrogens is 292 g/mol. The third-order valence-electron chi connectivity index (χ3n) is 4.84. The van der Waals surface area contributed by atoms with E-state index in [4.69, 9.17) is 4.74 Å². The van der Waals surface area contributed by atoms with Gasteiger partial charge in [0.1, 0.15) is 17.4 Å². The van der Waals surface area contributed by atoms with Crippen molar-refractivity contribution in [3.63, 3.8) is 0 Å². The first kappa shape index (κ1) is 14.2. The van der Waals surface area contributed by atoms with Gasteiger partial charge < -0.3 is 14.2 Å². The summed E-state index contributed by atoms with van der Waals surface area (Å²) in [7, 11) is 0. The predicted molar refractivity (Wildman–Crippen MR) is 84.1 cm³/mol. The Morgan fingerprint density at radius 1 is 1.22 bits per heavy atom. The van der Waals surface area contributed by atoms with E-state index in [2.05, 4.69) is 14.8 Å². The minimum Gasteiger partial charge on any atom is -0.484 e. The number of amides is 1. The van der Waals surface area contributed by atoms with Gasteiger partial charge in [-0.3, -0.25) is 4.79 Å². The largest absolute Gasteiger partial charge is 0.484 e. The third kappa shape index (κ3) is 2.58. The Kier molecular flexibility index (Phi) is 3.52. The SMILES string of the molecule is Cc1nnc2n1CC1CCC(C2)N1C(=O)COc1ccccc1. The lowest BCUT2D eigenvalue weighted by atomic mass is 10.1. The maximum absolute atomic E-state index is 12.7. The average Bonchev–Trinajstić information content (AvgIpc) is 3.05. The van der Waals surface area contributed by atoms with E-state index in [-0.39, 0.29) is 24.6 Å². The number of benzene rings is 1. The Morgan fingerprint density at radius 3 is 2.83 bits per heavy atom. The number of aryl methyl sites for hydroxylation is 1. The van der Waals surface area contributed by atoms with Crippen molar-refractivity contribution in [1.82, 2.24) is 19.7 Å². The minimum absolute atomic E-state index is 0.0673. The number of rotatable bonds is 3. The zero-order chi connectivity index (χ0) is 15.8. The molecule has 1 saturated heterocycles. The second-order valence-corrected chi connectivity index (χ2v) is 6.27. The van der Waals surface area contributed by atoms with E-state index in [1.54, 1.807) is 0 Å². The van der Waals surface area contributed by atoms with Gasteiger partial charge in [0.05, 0.1) is 6.04 Å². The lowest BCUT2D eigenvalue weighted by Gasteiger charge is -2.28. The molecule has 0 saturated carbocycles. The number of para-hydroxylation sites is 1. The maximum Gasteiger partial charge on any atom is 0.261 e. The number of ether oxygens (including phenoxy) is 1. The van der Waals surface area contributed by atoms with Gasteiger partial charge in [0, 0.05) is 19.0 Å². The van der Waals surface area contributed by atoms with Crippen molar-refractivity contribution in [3.05, 3.63) is 42.0 Å². The van der Waals surface area contributed by atoms with Crippen LogP contribution in [0.5, 0.6) is 5.75 Å². The molecule has 23 heavy (non-hydrogen) atoms. The molecule has 1 fully saturated rings. The average molecular weight is 312 g/mol. The Balaban J connectivity index is 1.48. The lowest BCUT2D eigenvalue weighted by Crippen LogP contribution is -2.44. The van der Waals surface area contributed by atoms with E-state index in [1.165, 1.54) is 0 Å². The topological polar surface area (TPSA) is 60.2 Å². The molecule has 1 aromatic carbocycles. The zero-order valence-corrected chi connectivity index (χ0v) is 13.2. The summed E-state index contributed by atoms with van der Waals surface area (Å²) in [5.74, 6) is 2.73. The quantitative estimate of drug-likeness (QED) is 0.863. The van der Waals surface area contributed by atoms with Gasteiger partial charge in [-0.2, -0.15) is 0 Å². The van der Waals surface area contributed by atoms with Gasteiger partial charge >= 0.3 is 0 Å². The molecule has 2 unspecified atom stereocenters. The number of hydrogen-bond donors (Lipinski definition) is 0. The van der Waals surface area contributed by atoms with Crippen molar-refractivity contribution in [2.75, 3.05) is 6.61 Å². The van der Waals surface area contributed by atoms with Crippen LogP contribution in [0.4, 0.5) is 0 Å². The first-order valence-corrected chi connectivity index (χ1v) is 8.10. The molecule has 2 aliphatic heterocycles. The van der Waals surface area contributed by atoms with Gasteiger partial charge in [-0.25, -0.2) is 0 Å². The Bertz CT molecular complexity index is 713. The van der Waals surface area contributed by atoms with Gasteiger partial charge in [-0.15, -0.1) is 10.2 Å². The molecule has 0 N–H and O–H groups in total. The molecule has 120 valence electrons. The molecule has 1 aromatic heterocycles. The fourth-order valence-corrected chi connectivity index (χ4v) is 3.72. The van der Waals surface area contributed by atoms with Crippen LogP contribution in [-0.2, 0) is 17.8 Å². The minimum atomic E-state index is 0.0673. The number of nitrogens with zero attached hydrogens (tertiary/aromatic N) is 4. The Labute approximate surface area is 135 Å². The predicted octanol–water partition coefficient (Wildman–Crippen LogP) is 1.58. The first-order valence-electron chi connectivity index (χ1n) is 8.10. The highest BCUT2D eigenvalue weighted by atomic mass is 16.5. The standard InChI is InChI=1S/C17H20N4O2/c1-12-18-19-16-9-13-7-8-14(10-20(12)16)21(13)17(22)11-23-15-5-3-2-4-6-15/h2-6,13-14H,7-11H2,1H3. The van der Waals surface area contributed by atoms with Crippen molar-refractivity contribution in [3.8, 4) is 5.75 Å². The van der Waals surface area contributed by atoms with Crippen molar-refractivity contribution in [2.24, 2.45) is 0 Å². The van der Waals surface area contributed by atoms with Crippen LogP contribution >= 0.6 is 0 Å². The number of carbonyl (C=O) groups is 1. The van der Waals surface area contributed by atoms with Crippen LogP contribution in [0.25, 0.3) is 0 Å². The second-order valence-electron chi connectivity index (χ2n) is 6.27. The van der Waals surface area contributed by atoms with E-state index in [0.29, 0.717) is 0 Å². The van der Waals surface area contributed by atoms with E-state index in [0.717, 1.165) is 43.2 Å². The van der Waals surface area contributed by atoms with E-state index in [1.807, 2.05) is 42.2 Å². The van der Waals surface area contributed by atoms with Crippen LogP contribution in [0.2, 0.25) is 0 Å². The van der Waals surface area contributed by atoms with Crippen molar-refractivity contribution in [2.45, 2.75) is 44.8 Å². The van der Waals surface area contributed by atoms with Gasteiger partial charge in [-0.05, 0) is 31.9 Å². The van der Waals surface area contributed by atoms with Crippen LogP contribution < -0.4 is 4.74 Å².